The van der Waals surface area contributed by atoms with E-state index in [4.69, 9.17) is 10.5 Å². The van der Waals surface area contributed by atoms with Gasteiger partial charge in [0.2, 0.25) is 11.8 Å². The molecule has 7 nitrogen and oxygen atoms in total. The summed E-state index contributed by atoms with van der Waals surface area (Å²) < 4.78 is 5.12. The Balaban J connectivity index is 2.82. The van der Waals surface area contributed by atoms with Crippen molar-refractivity contribution in [2.45, 2.75) is 46.7 Å². The third-order valence-electron chi connectivity index (χ3n) is 3.93. The lowest BCUT2D eigenvalue weighted by molar-refractivity contribution is -0.148. The minimum atomic E-state index is -0.803. The van der Waals surface area contributed by atoms with Crippen LogP contribution in [0.3, 0.4) is 0 Å². The molecular formula is C20H31N3O4. The van der Waals surface area contributed by atoms with Gasteiger partial charge in [-0.05, 0) is 30.9 Å². The minimum Gasteiger partial charge on any atom is -0.464 e. The predicted molar refractivity (Wildman–Crippen MR) is 105 cm³/mol. The van der Waals surface area contributed by atoms with Crippen molar-refractivity contribution in [1.29, 1.82) is 0 Å². The number of carbonyl (C=O) groups is 3. The van der Waals surface area contributed by atoms with Gasteiger partial charge in [0, 0.05) is 5.69 Å². The fourth-order valence-corrected chi connectivity index (χ4v) is 2.23. The van der Waals surface area contributed by atoms with Crippen LogP contribution in [0.25, 0.3) is 0 Å². The lowest BCUT2D eigenvalue weighted by atomic mass is 10.0. The normalized spacial score (nSPS) is 13.2. The summed E-state index contributed by atoms with van der Waals surface area (Å²) in [5.74, 6) is -1.18. The number of benzene rings is 1. The molecule has 0 aliphatic rings. The van der Waals surface area contributed by atoms with Crippen LogP contribution >= 0.6 is 0 Å². The summed E-state index contributed by atoms with van der Waals surface area (Å²) in [5, 5.41) is 2.58. The number of esters is 1. The quantitative estimate of drug-likeness (QED) is 0.638. The van der Waals surface area contributed by atoms with E-state index in [9.17, 15) is 14.4 Å². The number of carbonyl (C=O) groups excluding carboxylic acids is 3. The zero-order chi connectivity index (χ0) is 20.6. The average Bonchev–Trinajstić information content (AvgIpc) is 2.63. The van der Waals surface area contributed by atoms with Crippen molar-refractivity contribution in [3.63, 3.8) is 0 Å². The van der Waals surface area contributed by atoms with Crippen LogP contribution in [0.5, 0.6) is 0 Å². The van der Waals surface area contributed by atoms with Crippen molar-refractivity contribution < 1.29 is 19.1 Å². The summed E-state index contributed by atoms with van der Waals surface area (Å²) in [5.41, 5.74) is 6.57. The van der Waals surface area contributed by atoms with Crippen LogP contribution in [0.4, 0.5) is 5.69 Å². The molecule has 150 valence electrons. The van der Waals surface area contributed by atoms with Gasteiger partial charge in [0.25, 0.3) is 0 Å². The summed E-state index contributed by atoms with van der Waals surface area (Å²) in [4.78, 5) is 38.4. The molecule has 0 aliphatic heterocycles. The number of nitrogens with zero attached hydrogens (tertiary/aromatic N) is 1. The van der Waals surface area contributed by atoms with Crippen LogP contribution in [0.1, 0.15) is 34.6 Å². The monoisotopic (exact) mass is 377 g/mol. The van der Waals surface area contributed by atoms with E-state index in [1.807, 2.05) is 33.8 Å². The maximum Gasteiger partial charge on any atom is 0.328 e. The van der Waals surface area contributed by atoms with Gasteiger partial charge in [-0.15, -0.1) is 0 Å². The van der Waals surface area contributed by atoms with Crippen LogP contribution in [-0.4, -0.2) is 43.0 Å². The second kappa shape index (κ2) is 10.7. The molecule has 2 amide bonds. The number of rotatable bonds is 9. The molecule has 27 heavy (non-hydrogen) atoms. The molecule has 1 aromatic rings. The average molecular weight is 377 g/mol. The Kier molecular flexibility index (Phi) is 8.94. The Morgan fingerprint density at radius 3 is 2.19 bits per heavy atom. The van der Waals surface area contributed by atoms with Crippen molar-refractivity contribution in [3.05, 3.63) is 30.3 Å². The summed E-state index contributed by atoms with van der Waals surface area (Å²) in [6.45, 7) is 9.16. The van der Waals surface area contributed by atoms with Gasteiger partial charge in [-0.2, -0.15) is 0 Å². The van der Waals surface area contributed by atoms with E-state index < -0.39 is 24.0 Å². The van der Waals surface area contributed by atoms with Crippen molar-refractivity contribution >= 4 is 23.5 Å². The second-order valence-corrected chi connectivity index (χ2v) is 7.34. The number of para-hydroxylation sites is 1. The number of nitrogens with one attached hydrogen (secondary N) is 1. The molecule has 0 aliphatic carbocycles. The molecule has 0 spiro atoms. The highest BCUT2D eigenvalue weighted by Gasteiger charge is 2.27. The van der Waals surface area contributed by atoms with Crippen LogP contribution < -0.4 is 16.0 Å². The molecule has 1 rings (SSSR count). The smallest absolute Gasteiger partial charge is 0.328 e. The van der Waals surface area contributed by atoms with Crippen molar-refractivity contribution in [1.82, 2.24) is 5.32 Å². The zero-order valence-corrected chi connectivity index (χ0v) is 16.8. The fraction of sp³-hybridized carbons (Fsp3) is 0.550. The second-order valence-electron chi connectivity index (χ2n) is 7.34. The van der Waals surface area contributed by atoms with Crippen molar-refractivity contribution in [2.24, 2.45) is 17.6 Å². The first-order valence-corrected chi connectivity index (χ1v) is 9.21. The molecule has 0 fully saturated rings. The van der Waals surface area contributed by atoms with E-state index in [-0.39, 0.29) is 30.9 Å². The lowest BCUT2D eigenvalue weighted by Crippen LogP contribution is -2.51. The van der Waals surface area contributed by atoms with Gasteiger partial charge in [0.1, 0.15) is 12.6 Å². The maximum atomic E-state index is 12.7. The first kappa shape index (κ1) is 22.6. The van der Waals surface area contributed by atoms with Gasteiger partial charge in [0.15, 0.2) is 0 Å². The molecule has 3 N–H and O–H groups in total. The molecule has 0 radical (unpaired) electrons. The molecule has 0 bridgehead atoms. The standard InChI is InChI=1S/C20H31N3O4/c1-13(2)12-27-20(26)15(5)22-17(24)11-23(16-9-7-6-8-10-16)19(25)18(21)14(3)4/h6-10,13-15,18H,11-12,21H2,1-5H3,(H,22,24)/t15-,18-/m0/s1. The topological polar surface area (TPSA) is 102 Å². The van der Waals surface area contributed by atoms with Crippen LogP contribution in [0.2, 0.25) is 0 Å². The third-order valence-corrected chi connectivity index (χ3v) is 3.93. The molecule has 0 saturated carbocycles. The molecule has 0 unspecified atom stereocenters. The minimum absolute atomic E-state index is 0.0725. The SMILES string of the molecule is CC(C)COC(=O)[C@H](C)NC(=O)CN(C(=O)[C@@H](N)C(C)C)c1ccccc1. The van der Waals surface area contributed by atoms with E-state index in [1.165, 1.54) is 4.90 Å². The molecule has 1 aromatic carbocycles. The van der Waals surface area contributed by atoms with Gasteiger partial charge >= 0.3 is 5.97 Å². The third kappa shape index (κ3) is 7.38. The summed E-state index contributed by atoms with van der Waals surface area (Å²) in [6, 6.07) is 7.31. The van der Waals surface area contributed by atoms with E-state index in [2.05, 4.69) is 5.32 Å². The van der Waals surface area contributed by atoms with Gasteiger partial charge < -0.3 is 20.7 Å². The molecular weight excluding hydrogens is 346 g/mol. The van der Waals surface area contributed by atoms with Crippen molar-refractivity contribution in [3.8, 4) is 0 Å². The van der Waals surface area contributed by atoms with Crippen LogP contribution in [0, 0.1) is 11.8 Å². The van der Waals surface area contributed by atoms with Gasteiger partial charge in [-0.3, -0.25) is 9.59 Å². The van der Waals surface area contributed by atoms with Gasteiger partial charge in [0.05, 0.1) is 12.6 Å². The largest absolute Gasteiger partial charge is 0.464 e. The molecule has 0 heterocycles. The molecule has 0 saturated heterocycles. The first-order valence-electron chi connectivity index (χ1n) is 9.21. The highest BCUT2D eigenvalue weighted by molar-refractivity contribution is 6.02. The highest BCUT2D eigenvalue weighted by atomic mass is 16.5. The Morgan fingerprint density at radius 1 is 1.07 bits per heavy atom. The highest BCUT2D eigenvalue weighted by Crippen LogP contribution is 2.16. The summed E-state index contributed by atoms with van der Waals surface area (Å²) in [6.07, 6.45) is 0. The number of hydrogen-bond donors (Lipinski definition) is 2. The lowest BCUT2D eigenvalue weighted by Gasteiger charge is -2.27. The van der Waals surface area contributed by atoms with Gasteiger partial charge in [-0.1, -0.05) is 45.9 Å². The Hall–Kier alpha value is -2.41. The number of ether oxygens (including phenoxy) is 1. The zero-order valence-electron chi connectivity index (χ0n) is 16.8. The van der Waals surface area contributed by atoms with E-state index in [1.54, 1.807) is 31.2 Å². The van der Waals surface area contributed by atoms with E-state index >= 15 is 0 Å². The van der Waals surface area contributed by atoms with E-state index in [0.717, 1.165) is 0 Å². The number of hydrogen-bond acceptors (Lipinski definition) is 5. The van der Waals surface area contributed by atoms with Crippen LogP contribution in [0.15, 0.2) is 30.3 Å². The maximum absolute atomic E-state index is 12.7. The first-order chi connectivity index (χ1) is 12.6. The van der Waals surface area contributed by atoms with Crippen LogP contribution in [-0.2, 0) is 19.1 Å². The summed E-state index contributed by atoms with van der Waals surface area (Å²) in [7, 11) is 0. The molecule has 7 heteroatoms. The number of amides is 2. The molecule has 0 aromatic heterocycles. The Morgan fingerprint density at radius 2 is 1.67 bits per heavy atom. The number of nitrogens with two attached hydrogens (primary N) is 1. The van der Waals surface area contributed by atoms with Crippen molar-refractivity contribution in [2.75, 3.05) is 18.1 Å². The number of anilines is 1. The van der Waals surface area contributed by atoms with E-state index in [0.29, 0.717) is 5.69 Å². The molecule has 2 atom stereocenters. The fourth-order valence-electron chi connectivity index (χ4n) is 2.23. The Bertz CT molecular complexity index is 631. The predicted octanol–water partition coefficient (Wildman–Crippen LogP) is 1.71. The summed E-state index contributed by atoms with van der Waals surface area (Å²) >= 11 is 0. The van der Waals surface area contributed by atoms with Gasteiger partial charge in [-0.25, -0.2) is 4.79 Å². The Labute approximate surface area is 161 Å².